The molecule has 37 heteroatoms. The first-order valence-electron chi connectivity index (χ1n) is 47.3. The van der Waals surface area contributed by atoms with E-state index in [9.17, 15) is 75.9 Å². The van der Waals surface area contributed by atoms with E-state index in [0.717, 1.165) is 90.9 Å². The number of unbranched alkanes of at least 4 members (excludes halogenated alkanes) is 2. The number of piperidine rings is 1. The second-order valence-corrected chi connectivity index (χ2v) is 45.3. The van der Waals surface area contributed by atoms with Gasteiger partial charge in [-0.25, -0.2) is 13.2 Å². The summed E-state index contributed by atoms with van der Waals surface area (Å²) in [4.78, 5) is 74.3. The Hall–Kier alpha value is -11.9. The molecule has 8 aromatic rings. The smallest absolute Gasteiger partial charge is 0.318 e. The zero-order chi connectivity index (χ0) is 98.4. The molecule has 1 saturated carbocycles. The number of morpholine rings is 1. The highest BCUT2D eigenvalue weighted by atomic mass is 32.2. The van der Waals surface area contributed by atoms with E-state index in [4.69, 9.17) is 9.15 Å². The summed E-state index contributed by atoms with van der Waals surface area (Å²) in [5.41, 5.74) is 9.68. The molecule has 2 aliphatic carbocycles. The minimum atomic E-state index is -5.08. The minimum absolute atomic E-state index is 0.0146. The average molecular weight is 1990 g/mol. The number of hydrogen-bond acceptors (Lipinski definition) is 19. The number of nitrogens with one attached hydrogen (secondary N) is 5. The summed E-state index contributed by atoms with van der Waals surface area (Å²) in [6.07, 6.45) is 17.4. The number of hydrogen-bond donors (Lipinski definition) is 9. The molecule has 6 amide bonds. The van der Waals surface area contributed by atoms with Crippen LogP contribution in [0.5, 0.6) is 0 Å². The first-order chi connectivity index (χ1) is 66.3. The van der Waals surface area contributed by atoms with Gasteiger partial charge in [-0.05, 0) is 172 Å². The summed E-state index contributed by atoms with van der Waals surface area (Å²) in [5.74, 6) is -1.71. The Bertz CT molecular complexity index is 7400. The largest absolute Gasteiger partial charge is 0.456 e. The lowest BCUT2D eigenvalue weighted by molar-refractivity contribution is -0.433. The third-order valence-corrected chi connectivity index (χ3v) is 33.7. The Morgan fingerprint density at radius 1 is 0.547 bits per heavy atom. The Morgan fingerprint density at radius 2 is 1.22 bits per heavy atom. The Kier molecular flexibility index (Phi) is 28.4. The number of urea groups is 1. The topological polar surface area (TPSA) is 438 Å². The van der Waals surface area contributed by atoms with Gasteiger partial charge in [0.1, 0.15) is 39.8 Å². The van der Waals surface area contributed by atoms with E-state index in [2.05, 4.69) is 90.7 Å². The summed E-state index contributed by atoms with van der Waals surface area (Å²) in [6, 6.07) is 43.3. The molecular formula is C102H115N11O21S5+2. The summed E-state index contributed by atoms with van der Waals surface area (Å²) in [5, 5.41) is 16.6. The number of rotatable bonds is 31. The number of nitrogens with zero attached hydrogens (tertiary/aromatic N) is 6. The van der Waals surface area contributed by atoms with Gasteiger partial charge >= 0.3 is 6.03 Å². The average Bonchev–Trinajstić information content (AvgIpc) is 1.56. The minimum Gasteiger partial charge on any atom is -0.456 e. The lowest BCUT2D eigenvalue weighted by atomic mass is 9.79. The van der Waals surface area contributed by atoms with Crippen molar-refractivity contribution >= 4 is 147 Å². The number of carbonyl (C=O) groups is 5. The quantitative estimate of drug-likeness (QED) is 0.00640. The van der Waals surface area contributed by atoms with Crippen molar-refractivity contribution in [2.75, 3.05) is 95.0 Å². The van der Waals surface area contributed by atoms with Gasteiger partial charge in [0.05, 0.1) is 39.4 Å². The van der Waals surface area contributed by atoms with E-state index in [-0.39, 0.29) is 103 Å². The Balaban J connectivity index is 0.557. The van der Waals surface area contributed by atoms with Crippen LogP contribution in [-0.4, -0.2) is 207 Å². The summed E-state index contributed by atoms with van der Waals surface area (Å²) >= 11 is 0. The highest BCUT2D eigenvalue weighted by Gasteiger charge is 2.48. The number of para-hydroxylation sites is 2. The first-order valence-corrected chi connectivity index (χ1v) is 54.5. The number of carbonyl (C=O) groups excluding carboxylic acids is 5. The number of benzene rings is 9. The zero-order valence-corrected chi connectivity index (χ0v) is 82.0. The number of anilines is 3. The summed E-state index contributed by atoms with van der Waals surface area (Å²) in [6.45, 7) is 12.7. The maximum Gasteiger partial charge on any atom is 0.318 e. The van der Waals surface area contributed by atoms with Crippen LogP contribution in [0, 0.1) is 11.8 Å². The molecule has 8 aromatic carbocycles. The van der Waals surface area contributed by atoms with E-state index >= 15 is 8.42 Å². The van der Waals surface area contributed by atoms with Crippen molar-refractivity contribution in [2.24, 2.45) is 11.8 Å². The first kappa shape index (κ1) is 98.7. The van der Waals surface area contributed by atoms with Gasteiger partial charge in [-0.3, -0.25) is 37.4 Å². The molecule has 9 aliphatic rings. The fraction of sp³-hybridized carbons (Fsp3) is 0.382. The van der Waals surface area contributed by atoms with Gasteiger partial charge < -0.3 is 50.4 Å². The number of ether oxygens (including phenoxy) is 1. The molecule has 17 rings (SSSR count). The molecule has 2 atom stereocenters. The molecule has 32 nitrogen and oxygen atoms in total. The zero-order valence-electron chi connectivity index (χ0n) is 78.0. The van der Waals surface area contributed by atoms with Crippen LogP contribution < -0.4 is 46.3 Å². The van der Waals surface area contributed by atoms with Crippen molar-refractivity contribution < 1.29 is 98.0 Å². The lowest BCUT2D eigenvalue weighted by Gasteiger charge is -2.32. The van der Waals surface area contributed by atoms with Crippen molar-refractivity contribution in [1.29, 1.82) is 0 Å². The van der Waals surface area contributed by atoms with Gasteiger partial charge in [0.15, 0.2) is 12.3 Å². The SMILES string of the molecule is CC[N+]1=C(/C=C/C=C/C=C2\N(CCCCCC(=O)NCCNC(=O)[C@H](CCNC(=O)C3CCN(S(=O)(=O)c4ccccc4-c4cc(N5CCc6ccccc65)cc5oc6cc(=[N+]7CCc8ccccc87)ccc-6cc45)CC3)NC(=O)[C@H](CC3CCCCC3)NC(=O)N3CCOCC3)c3ccc4c(S(=O)(=O)O)cc(S(=O)(=O)O)cc4c3C2(C)C)C(C)(C)c2c1ccc1c(S(=O)(=O)O)cc(S(=O)(=O)O)cc21. The maximum atomic E-state index is 15.4. The van der Waals surface area contributed by atoms with Crippen LogP contribution >= 0.6 is 0 Å². The van der Waals surface area contributed by atoms with Gasteiger partial charge in [-0.1, -0.05) is 131 Å². The van der Waals surface area contributed by atoms with Gasteiger partial charge in [0, 0.05) is 175 Å². The third-order valence-electron chi connectivity index (χ3n) is 28.3. The Morgan fingerprint density at radius 3 is 1.92 bits per heavy atom. The molecule has 2 saturated heterocycles. The lowest BCUT2D eigenvalue weighted by Crippen LogP contribution is -2.57. The van der Waals surface area contributed by atoms with E-state index in [0.29, 0.717) is 140 Å². The highest BCUT2D eigenvalue weighted by Crippen LogP contribution is 2.53. The molecule has 0 aromatic heterocycles. The highest BCUT2D eigenvalue weighted by molar-refractivity contribution is 7.89. The number of allylic oxidation sites excluding steroid dienone is 6. The number of amides is 6. The van der Waals surface area contributed by atoms with Crippen LogP contribution in [0.25, 0.3) is 55.0 Å². The van der Waals surface area contributed by atoms with Crippen LogP contribution in [0.2, 0.25) is 0 Å². The van der Waals surface area contributed by atoms with Crippen LogP contribution in [0.3, 0.4) is 0 Å². The van der Waals surface area contributed by atoms with E-state index < -0.39 is 117 Å². The number of fused-ring (bicyclic) bond motifs is 10. The second kappa shape index (κ2) is 40.0. The number of sulfonamides is 1. The molecule has 7 aliphatic heterocycles. The fourth-order valence-corrected chi connectivity index (χ4v) is 25.7. The molecular weight excluding hydrogens is 1880 g/mol. The summed E-state index contributed by atoms with van der Waals surface area (Å²) < 4.78 is 192. The van der Waals surface area contributed by atoms with E-state index in [1.807, 2.05) is 98.7 Å². The predicted molar refractivity (Wildman–Crippen MR) is 529 cm³/mol. The van der Waals surface area contributed by atoms with Crippen LogP contribution in [-0.2, 0) is 98.1 Å². The molecule has 0 bridgehead atoms. The van der Waals surface area contributed by atoms with Crippen LogP contribution in [0.15, 0.2) is 223 Å². The van der Waals surface area contributed by atoms with Crippen molar-refractivity contribution in [3.8, 4) is 22.5 Å². The van der Waals surface area contributed by atoms with Crippen molar-refractivity contribution in [3.63, 3.8) is 0 Å². The van der Waals surface area contributed by atoms with Crippen LogP contribution in [0.1, 0.15) is 140 Å². The predicted octanol–water partition coefficient (Wildman–Crippen LogP) is 13.3. The van der Waals surface area contributed by atoms with Crippen LogP contribution in [0.4, 0.5) is 33.2 Å². The monoisotopic (exact) mass is 1990 g/mol. The maximum absolute atomic E-state index is 15.4. The Labute approximate surface area is 808 Å². The normalized spacial score (nSPS) is 18.3. The van der Waals surface area contributed by atoms with E-state index in [1.54, 1.807) is 47.4 Å². The fourth-order valence-electron chi connectivity index (χ4n) is 21.3. The molecule has 3 fully saturated rings. The van der Waals surface area contributed by atoms with Gasteiger partial charge in [-0.15, -0.1) is 0 Å². The van der Waals surface area contributed by atoms with E-state index in [1.165, 1.54) is 33.6 Å². The molecule has 139 heavy (non-hydrogen) atoms. The molecule has 7 heterocycles. The van der Waals surface area contributed by atoms with Crippen molar-refractivity contribution in [1.82, 2.24) is 40.4 Å². The van der Waals surface area contributed by atoms with Gasteiger partial charge in [0.2, 0.25) is 50.4 Å². The molecule has 0 unspecified atom stereocenters. The van der Waals surface area contributed by atoms with Crippen molar-refractivity contribution in [3.05, 3.63) is 221 Å². The third kappa shape index (κ3) is 20.6. The molecule has 732 valence electrons. The summed E-state index contributed by atoms with van der Waals surface area (Å²) in [7, 11) is -24.3. The van der Waals surface area contributed by atoms with Crippen molar-refractivity contribution in [2.45, 2.75) is 178 Å². The second-order valence-electron chi connectivity index (χ2n) is 37.7. The molecule has 0 radical (unpaired) electrons. The van der Waals surface area contributed by atoms with Gasteiger partial charge in [-0.2, -0.15) is 47.1 Å². The standard InChI is InChI=1S/C102H113N11O21S5/c1-6-110-85-37-35-75-79(61-72(136(121,122)123)63-90(75)138(127,128)129)95(85)101(2,3)92(110)30-12-8-13-31-93-102(4,5)96-80-62-73(137(124,125)126)64-91(139(130,131)132)76(80)36-38-86(96)113(93)47-21-9-14-32-94(114)103-45-46-105-98(116)81(106-99(117)82(56-65-22-10-7-11-23-65)107-100(118)108-52-54-133-55-53-108)39-44-104-97(115)68-40-48-109(49-41-68)135(119,120)89-29-20-17-26-74(89)77-58-71(112-51-43-67-25-16-19-28-84(67)112)60-88-78(77)57-69-33-34-70(59-87(69)134-88)111-50-42-66-24-15-18-27-83(66)111/h8,12-13,15-20,24-31,33-38,57-65,68,81-82H,6-7,9-11,14,21-23,32,39-56H2,1-5H3,(H7-2,103,104,105,106,107,114,115,116,117,118,121,122,123,124,125,126,127,128,129,130,131,132)/p+2/t81-,82-/m0/s1. The molecule has 0 spiro atoms. The van der Waals surface area contributed by atoms with Gasteiger partial charge in [0.25, 0.3) is 40.5 Å². The molecule has 9 N–H and O–H groups in total.